The van der Waals surface area contributed by atoms with E-state index in [0.29, 0.717) is 6.42 Å². The van der Waals surface area contributed by atoms with Crippen LogP contribution in [0.1, 0.15) is 22.0 Å². The summed E-state index contributed by atoms with van der Waals surface area (Å²) in [6.45, 7) is 0. The summed E-state index contributed by atoms with van der Waals surface area (Å²) >= 11 is 0. The summed E-state index contributed by atoms with van der Waals surface area (Å²) in [5.41, 5.74) is 1.13. The molecule has 1 aromatic heterocycles. The van der Waals surface area contributed by atoms with Crippen molar-refractivity contribution in [3.05, 3.63) is 88.5 Å². The maximum absolute atomic E-state index is 12.9. The average molecular weight is 322 g/mol. The molecule has 120 valence electrons. The zero-order chi connectivity index (χ0) is 16.9. The van der Waals surface area contributed by atoms with Gasteiger partial charge in [-0.15, -0.1) is 0 Å². The summed E-state index contributed by atoms with van der Waals surface area (Å²) in [5, 5.41) is 15.0. The molecule has 0 bridgehead atoms. The van der Waals surface area contributed by atoms with Crippen LogP contribution in [0.3, 0.4) is 0 Å². The third kappa shape index (κ3) is 3.35. The summed E-state index contributed by atoms with van der Waals surface area (Å²) < 4.78 is 1.48. The first-order chi connectivity index (χ1) is 11.6. The zero-order valence-electron chi connectivity index (χ0n) is 12.6. The number of nitrogens with zero attached hydrogens (tertiary/aromatic N) is 4. The molecule has 0 N–H and O–H groups in total. The third-order valence-corrected chi connectivity index (χ3v) is 3.67. The van der Waals surface area contributed by atoms with Crippen molar-refractivity contribution < 1.29 is 9.72 Å². The van der Waals surface area contributed by atoms with Crippen molar-refractivity contribution in [2.75, 3.05) is 0 Å². The molecule has 1 atom stereocenters. The van der Waals surface area contributed by atoms with Crippen LogP contribution in [0.2, 0.25) is 0 Å². The van der Waals surface area contributed by atoms with Gasteiger partial charge in [0.2, 0.25) is 0 Å². The highest BCUT2D eigenvalue weighted by molar-refractivity contribution is 5.99. The summed E-state index contributed by atoms with van der Waals surface area (Å²) in [6.07, 6.45) is 3.26. The van der Waals surface area contributed by atoms with Gasteiger partial charge in [-0.1, -0.05) is 42.5 Å². The molecule has 1 heterocycles. The van der Waals surface area contributed by atoms with Crippen molar-refractivity contribution in [3.8, 4) is 0 Å². The Balaban J connectivity index is 1.95. The van der Waals surface area contributed by atoms with Crippen molar-refractivity contribution in [2.45, 2.75) is 12.5 Å². The van der Waals surface area contributed by atoms with Crippen LogP contribution >= 0.6 is 0 Å². The highest BCUT2D eigenvalue weighted by Gasteiger charge is 2.24. The molecule has 7 heteroatoms. The van der Waals surface area contributed by atoms with Gasteiger partial charge < -0.3 is 0 Å². The lowest BCUT2D eigenvalue weighted by Crippen LogP contribution is -2.22. The Morgan fingerprint density at radius 2 is 1.96 bits per heavy atom. The Hall–Kier alpha value is -3.35. The lowest BCUT2D eigenvalue weighted by Gasteiger charge is -2.16. The first-order valence-corrected chi connectivity index (χ1v) is 7.32. The minimum atomic E-state index is -0.614. The normalized spacial score (nSPS) is 11.8. The molecule has 0 fully saturated rings. The van der Waals surface area contributed by atoms with E-state index in [1.807, 2.05) is 30.3 Å². The van der Waals surface area contributed by atoms with E-state index in [9.17, 15) is 14.9 Å². The van der Waals surface area contributed by atoms with Crippen LogP contribution in [0.15, 0.2) is 67.3 Å². The molecule has 0 aliphatic rings. The molecule has 0 saturated heterocycles. The fourth-order valence-corrected chi connectivity index (χ4v) is 2.49. The highest BCUT2D eigenvalue weighted by Crippen LogP contribution is 2.21. The van der Waals surface area contributed by atoms with Crippen LogP contribution in [-0.2, 0) is 6.42 Å². The van der Waals surface area contributed by atoms with Crippen LogP contribution in [0.5, 0.6) is 0 Å². The standard InChI is InChI=1S/C17H14N4O3/c22-17(14-7-4-8-15(10-14)21(23)24)16(20-12-18-11-19-20)9-13-5-2-1-3-6-13/h1-8,10-12,16H,9H2. The van der Waals surface area contributed by atoms with Gasteiger partial charge in [-0.05, 0) is 5.56 Å². The van der Waals surface area contributed by atoms with Crippen molar-refractivity contribution in [2.24, 2.45) is 0 Å². The largest absolute Gasteiger partial charge is 0.292 e. The number of Topliss-reactive ketones (excluding diaryl/α,β-unsaturated/α-hetero) is 1. The van der Waals surface area contributed by atoms with Crippen LogP contribution in [0.25, 0.3) is 0 Å². The van der Waals surface area contributed by atoms with E-state index in [0.717, 1.165) is 5.56 Å². The predicted molar refractivity (Wildman–Crippen MR) is 86.6 cm³/mol. The summed E-state index contributed by atoms with van der Waals surface area (Å²) in [6, 6.07) is 14.6. The Morgan fingerprint density at radius 1 is 1.17 bits per heavy atom. The molecule has 0 aliphatic heterocycles. The number of ketones is 1. The number of hydrogen-bond acceptors (Lipinski definition) is 5. The molecule has 3 rings (SSSR count). The fraction of sp³-hybridized carbons (Fsp3) is 0.118. The Kier molecular flexibility index (Phi) is 4.42. The second kappa shape index (κ2) is 6.82. The molecule has 0 amide bonds. The van der Waals surface area contributed by atoms with Crippen molar-refractivity contribution >= 4 is 11.5 Å². The van der Waals surface area contributed by atoms with Crippen LogP contribution in [0, 0.1) is 10.1 Å². The third-order valence-electron chi connectivity index (χ3n) is 3.67. The van der Waals surface area contributed by atoms with Crippen LogP contribution in [-0.4, -0.2) is 25.5 Å². The van der Waals surface area contributed by atoms with Gasteiger partial charge in [0.1, 0.15) is 18.7 Å². The fourth-order valence-electron chi connectivity index (χ4n) is 2.49. The van der Waals surface area contributed by atoms with Gasteiger partial charge in [-0.2, -0.15) is 5.10 Å². The van der Waals surface area contributed by atoms with E-state index in [1.54, 1.807) is 6.07 Å². The summed E-state index contributed by atoms with van der Waals surface area (Å²) in [4.78, 5) is 27.2. The number of aromatic nitrogens is 3. The number of non-ortho nitro benzene ring substituents is 1. The SMILES string of the molecule is O=C(c1cccc([N+](=O)[O-])c1)C(Cc1ccccc1)n1cncn1. The van der Waals surface area contributed by atoms with Gasteiger partial charge in [0, 0.05) is 24.1 Å². The molecule has 0 saturated carbocycles. The smallest absolute Gasteiger partial charge is 0.270 e. The van der Waals surface area contributed by atoms with Gasteiger partial charge in [0.05, 0.1) is 4.92 Å². The lowest BCUT2D eigenvalue weighted by molar-refractivity contribution is -0.384. The van der Waals surface area contributed by atoms with Gasteiger partial charge in [0.15, 0.2) is 5.78 Å². The molecule has 0 spiro atoms. The van der Waals surface area contributed by atoms with Gasteiger partial charge in [-0.25, -0.2) is 9.67 Å². The molecule has 7 nitrogen and oxygen atoms in total. The number of carbonyl (C=O) groups excluding carboxylic acids is 1. The molecular weight excluding hydrogens is 308 g/mol. The maximum Gasteiger partial charge on any atom is 0.270 e. The van der Waals surface area contributed by atoms with Crippen molar-refractivity contribution in [3.63, 3.8) is 0 Å². The number of benzene rings is 2. The van der Waals surface area contributed by atoms with Crippen LogP contribution < -0.4 is 0 Å². The van der Waals surface area contributed by atoms with Crippen LogP contribution in [0.4, 0.5) is 5.69 Å². The monoisotopic (exact) mass is 322 g/mol. The molecule has 3 aromatic rings. The molecule has 0 radical (unpaired) electrons. The van der Waals surface area contributed by atoms with E-state index in [1.165, 1.54) is 35.5 Å². The Bertz CT molecular complexity index is 847. The average Bonchev–Trinajstić information content (AvgIpc) is 3.14. The van der Waals surface area contributed by atoms with Gasteiger partial charge >= 0.3 is 0 Å². The minimum absolute atomic E-state index is 0.113. The Morgan fingerprint density at radius 3 is 2.62 bits per heavy atom. The summed E-state index contributed by atoms with van der Waals surface area (Å²) in [7, 11) is 0. The topological polar surface area (TPSA) is 90.9 Å². The molecule has 2 aromatic carbocycles. The zero-order valence-corrected chi connectivity index (χ0v) is 12.6. The number of nitro benzene ring substituents is 1. The second-order valence-electron chi connectivity index (χ2n) is 5.25. The first kappa shape index (κ1) is 15.5. The van der Waals surface area contributed by atoms with Crippen molar-refractivity contribution in [1.82, 2.24) is 14.8 Å². The van der Waals surface area contributed by atoms with E-state index in [-0.39, 0.29) is 17.0 Å². The molecule has 0 aliphatic carbocycles. The Labute approximate surface area is 137 Å². The van der Waals surface area contributed by atoms with E-state index in [2.05, 4.69) is 10.1 Å². The van der Waals surface area contributed by atoms with Gasteiger partial charge in [0.25, 0.3) is 5.69 Å². The number of rotatable bonds is 6. The number of nitro groups is 1. The van der Waals surface area contributed by atoms with Gasteiger partial charge in [-0.3, -0.25) is 14.9 Å². The number of carbonyl (C=O) groups is 1. The minimum Gasteiger partial charge on any atom is -0.292 e. The van der Waals surface area contributed by atoms with E-state index >= 15 is 0 Å². The quantitative estimate of drug-likeness (QED) is 0.395. The molecule has 1 unspecified atom stereocenters. The number of hydrogen-bond donors (Lipinski definition) is 0. The summed E-state index contributed by atoms with van der Waals surface area (Å²) in [5.74, 6) is -0.243. The van der Waals surface area contributed by atoms with E-state index in [4.69, 9.17) is 0 Å². The molecular formula is C17H14N4O3. The maximum atomic E-state index is 12.9. The molecule has 24 heavy (non-hydrogen) atoms. The predicted octanol–water partition coefficient (Wildman–Crippen LogP) is 2.85. The van der Waals surface area contributed by atoms with Crippen molar-refractivity contribution in [1.29, 1.82) is 0 Å². The second-order valence-corrected chi connectivity index (χ2v) is 5.25. The van der Waals surface area contributed by atoms with E-state index < -0.39 is 11.0 Å². The first-order valence-electron chi connectivity index (χ1n) is 7.32. The highest BCUT2D eigenvalue weighted by atomic mass is 16.6. The lowest BCUT2D eigenvalue weighted by atomic mass is 9.97.